The molecule has 0 amide bonds. The Kier molecular flexibility index (Phi) is 5.45. The second kappa shape index (κ2) is 7.76. The zero-order valence-electron chi connectivity index (χ0n) is 14.0. The Morgan fingerprint density at radius 1 is 1.32 bits per heavy atom. The van der Waals surface area contributed by atoms with Crippen molar-refractivity contribution in [2.24, 2.45) is 0 Å². The number of hydrogen-bond donors (Lipinski definition) is 1. The molecule has 2 unspecified atom stereocenters. The molecule has 2 atom stereocenters. The standard InChI is InChI=1S/C21H19BrO3/c1-2-3-16(12-21(23)24)14-5-9-18(10-6-14)25-20-11-7-15-4-8-17(22)13-19(15)20/h4-6,8-10,13,16,20H,7,11-12H2,1H3,(H,23,24). The highest BCUT2D eigenvalue weighted by Crippen LogP contribution is 2.36. The van der Waals surface area contributed by atoms with Gasteiger partial charge in [0.1, 0.15) is 11.9 Å². The number of halogens is 1. The molecule has 0 heterocycles. The molecule has 0 bridgehead atoms. The summed E-state index contributed by atoms with van der Waals surface area (Å²) in [7, 11) is 0. The third-order valence-corrected chi connectivity index (χ3v) is 4.88. The SMILES string of the molecule is CC#CC(CC(=O)O)c1ccc(OC2CCc3ccc(Br)cc32)cc1. The van der Waals surface area contributed by atoms with Crippen molar-refractivity contribution >= 4 is 21.9 Å². The number of aliphatic carboxylic acids is 1. The van der Waals surface area contributed by atoms with Crippen LogP contribution in [0, 0.1) is 11.8 Å². The summed E-state index contributed by atoms with van der Waals surface area (Å²) in [5, 5.41) is 9.04. The lowest BCUT2D eigenvalue weighted by atomic mass is 9.96. The maximum atomic E-state index is 11.0. The number of ether oxygens (including phenoxy) is 1. The van der Waals surface area contributed by atoms with E-state index in [1.54, 1.807) is 6.92 Å². The quantitative estimate of drug-likeness (QED) is 0.712. The van der Waals surface area contributed by atoms with Crippen LogP contribution in [0.25, 0.3) is 0 Å². The highest BCUT2D eigenvalue weighted by molar-refractivity contribution is 9.10. The predicted octanol–water partition coefficient (Wildman–Crippen LogP) is 5.10. The van der Waals surface area contributed by atoms with Crippen LogP contribution in [0.15, 0.2) is 46.9 Å². The second-order valence-electron chi connectivity index (χ2n) is 6.10. The van der Waals surface area contributed by atoms with Gasteiger partial charge in [0, 0.05) is 4.47 Å². The molecule has 3 nitrogen and oxygen atoms in total. The first-order chi connectivity index (χ1) is 12.1. The molecule has 25 heavy (non-hydrogen) atoms. The van der Waals surface area contributed by atoms with Crippen molar-refractivity contribution in [1.29, 1.82) is 0 Å². The molecular weight excluding hydrogens is 380 g/mol. The minimum atomic E-state index is -0.846. The van der Waals surface area contributed by atoms with E-state index in [1.807, 2.05) is 24.3 Å². The van der Waals surface area contributed by atoms with Crippen LogP contribution in [0.3, 0.4) is 0 Å². The fourth-order valence-electron chi connectivity index (χ4n) is 3.20. The number of hydrogen-bond acceptors (Lipinski definition) is 2. The molecule has 0 spiro atoms. The Morgan fingerprint density at radius 3 is 2.76 bits per heavy atom. The van der Waals surface area contributed by atoms with E-state index in [1.165, 1.54) is 11.1 Å². The van der Waals surface area contributed by atoms with Gasteiger partial charge in [0.2, 0.25) is 0 Å². The van der Waals surface area contributed by atoms with Gasteiger partial charge in [-0.1, -0.05) is 40.0 Å². The van der Waals surface area contributed by atoms with Crippen molar-refractivity contribution in [3.63, 3.8) is 0 Å². The zero-order chi connectivity index (χ0) is 17.8. The molecule has 4 heteroatoms. The number of benzene rings is 2. The van der Waals surface area contributed by atoms with Gasteiger partial charge >= 0.3 is 5.97 Å². The molecular formula is C21H19BrO3. The van der Waals surface area contributed by atoms with Crippen molar-refractivity contribution in [2.45, 2.75) is 38.2 Å². The lowest BCUT2D eigenvalue weighted by molar-refractivity contribution is -0.137. The van der Waals surface area contributed by atoms with E-state index in [0.717, 1.165) is 28.6 Å². The third kappa shape index (κ3) is 4.24. The summed E-state index contributed by atoms with van der Waals surface area (Å²) < 4.78 is 7.22. The largest absolute Gasteiger partial charge is 0.486 e. The minimum absolute atomic E-state index is 0.00503. The van der Waals surface area contributed by atoms with Gasteiger partial charge in [-0.15, -0.1) is 5.92 Å². The van der Waals surface area contributed by atoms with Gasteiger partial charge in [0.05, 0.1) is 12.3 Å². The van der Waals surface area contributed by atoms with Crippen LogP contribution in [0.1, 0.15) is 48.5 Å². The van der Waals surface area contributed by atoms with E-state index in [0.29, 0.717) is 0 Å². The molecule has 0 radical (unpaired) electrons. The maximum absolute atomic E-state index is 11.0. The number of carboxylic acid groups (broad SMARTS) is 1. The van der Waals surface area contributed by atoms with Crippen LogP contribution in [0.2, 0.25) is 0 Å². The van der Waals surface area contributed by atoms with Crippen molar-refractivity contribution < 1.29 is 14.6 Å². The molecule has 3 rings (SSSR count). The van der Waals surface area contributed by atoms with E-state index in [4.69, 9.17) is 9.84 Å². The van der Waals surface area contributed by atoms with Gasteiger partial charge in [-0.05, 0) is 60.7 Å². The van der Waals surface area contributed by atoms with Crippen LogP contribution in [0.4, 0.5) is 0 Å². The lowest BCUT2D eigenvalue weighted by Crippen LogP contribution is -2.06. The monoisotopic (exact) mass is 398 g/mol. The Labute approximate surface area is 156 Å². The van der Waals surface area contributed by atoms with Crippen molar-refractivity contribution in [1.82, 2.24) is 0 Å². The minimum Gasteiger partial charge on any atom is -0.486 e. The molecule has 1 aliphatic carbocycles. The highest BCUT2D eigenvalue weighted by Gasteiger charge is 2.24. The maximum Gasteiger partial charge on any atom is 0.304 e. The van der Waals surface area contributed by atoms with E-state index < -0.39 is 5.97 Å². The molecule has 128 valence electrons. The summed E-state index contributed by atoms with van der Waals surface area (Å²) in [5.74, 6) is 5.43. The average molecular weight is 399 g/mol. The number of carboxylic acids is 1. The summed E-state index contributed by atoms with van der Waals surface area (Å²) in [6.07, 6.45) is 2.06. The summed E-state index contributed by atoms with van der Waals surface area (Å²) in [4.78, 5) is 11.0. The van der Waals surface area contributed by atoms with Crippen LogP contribution in [-0.2, 0) is 11.2 Å². The van der Waals surface area contributed by atoms with Crippen molar-refractivity contribution in [2.75, 3.05) is 0 Å². The Balaban J connectivity index is 1.74. The second-order valence-corrected chi connectivity index (χ2v) is 7.02. The number of fused-ring (bicyclic) bond motifs is 1. The number of carbonyl (C=O) groups is 1. The van der Waals surface area contributed by atoms with Gasteiger partial charge in [0.15, 0.2) is 0 Å². The van der Waals surface area contributed by atoms with Gasteiger partial charge in [-0.2, -0.15) is 0 Å². The van der Waals surface area contributed by atoms with Gasteiger partial charge in [-0.25, -0.2) is 0 Å². The number of rotatable bonds is 5. The van der Waals surface area contributed by atoms with E-state index in [2.05, 4.69) is 46.0 Å². The summed E-state index contributed by atoms with van der Waals surface area (Å²) in [6, 6.07) is 13.9. The van der Waals surface area contributed by atoms with Gasteiger partial charge in [-0.3, -0.25) is 4.79 Å². The first-order valence-corrected chi connectivity index (χ1v) is 9.05. The topological polar surface area (TPSA) is 46.5 Å². The zero-order valence-corrected chi connectivity index (χ0v) is 15.5. The summed E-state index contributed by atoms with van der Waals surface area (Å²) in [6.45, 7) is 1.72. The lowest BCUT2D eigenvalue weighted by Gasteiger charge is -2.16. The average Bonchev–Trinajstić information content (AvgIpc) is 2.97. The molecule has 2 aromatic rings. The van der Waals surface area contributed by atoms with Crippen LogP contribution in [0.5, 0.6) is 5.75 Å². The Hall–Kier alpha value is -2.25. The first-order valence-electron chi connectivity index (χ1n) is 8.26. The summed E-state index contributed by atoms with van der Waals surface area (Å²) >= 11 is 3.52. The normalized spacial score (nSPS) is 16.5. The molecule has 0 aromatic heterocycles. The van der Waals surface area contributed by atoms with Crippen LogP contribution in [-0.4, -0.2) is 11.1 Å². The smallest absolute Gasteiger partial charge is 0.304 e. The summed E-state index contributed by atoms with van der Waals surface area (Å²) in [5.41, 5.74) is 3.47. The van der Waals surface area contributed by atoms with E-state index in [9.17, 15) is 4.79 Å². The van der Waals surface area contributed by atoms with Crippen LogP contribution >= 0.6 is 15.9 Å². The van der Waals surface area contributed by atoms with Gasteiger partial charge in [0.25, 0.3) is 0 Å². The number of aryl methyl sites for hydroxylation is 1. The van der Waals surface area contributed by atoms with E-state index >= 15 is 0 Å². The molecule has 0 aliphatic heterocycles. The molecule has 0 saturated heterocycles. The highest BCUT2D eigenvalue weighted by atomic mass is 79.9. The van der Waals surface area contributed by atoms with Crippen molar-refractivity contribution in [3.8, 4) is 17.6 Å². The predicted molar refractivity (Wildman–Crippen MR) is 101 cm³/mol. The van der Waals surface area contributed by atoms with Crippen LogP contribution < -0.4 is 4.74 Å². The Bertz CT molecular complexity index is 830. The fraction of sp³-hybridized carbons (Fsp3) is 0.286. The molecule has 0 saturated carbocycles. The first kappa shape index (κ1) is 17.6. The van der Waals surface area contributed by atoms with E-state index in [-0.39, 0.29) is 18.4 Å². The molecule has 0 fully saturated rings. The van der Waals surface area contributed by atoms with Crippen molar-refractivity contribution in [3.05, 3.63) is 63.6 Å². The fourth-order valence-corrected chi connectivity index (χ4v) is 3.58. The third-order valence-electron chi connectivity index (χ3n) is 4.39. The molecule has 2 aromatic carbocycles. The molecule has 1 N–H and O–H groups in total. The van der Waals surface area contributed by atoms with Gasteiger partial charge < -0.3 is 9.84 Å². The molecule has 1 aliphatic rings. The Morgan fingerprint density at radius 2 is 2.08 bits per heavy atom.